The third-order valence-electron chi connectivity index (χ3n) is 12.9. The average Bonchev–Trinajstić information content (AvgIpc) is 4.27. The van der Waals surface area contributed by atoms with Crippen LogP contribution in [0, 0.1) is 20.8 Å². The summed E-state index contributed by atoms with van der Waals surface area (Å²) < 4.78 is 32.2. The number of allylic oxidation sites excluding steroid dienone is 2. The number of Topliss-reactive ketones (excluding diaryl/α,β-unsaturated/α-hetero) is 1. The molecule has 0 bridgehead atoms. The van der Waals surface area contributed by atoms with E-state index in [2.05, 4.69) is 15.3 Å². The lowest BCUT2D eigenvalue weighted by Gasteiger charge is -2.13. The Kier molecular flexibility index (Phi) is 17.6. The molecule has 79 heavy (non-hydrogen) atoms. The minimum atomic E-state index is -1.07. The number of rotatable bonds is 28. The van der Waals surface area contributed by atoms with Gasteiger partial charge in [-0.05, 0) is 96.8 Å². The molecule has 8 aromatic rings. The number of amides is 2. The van der Waals surface area contributed by atoms with E-state index in [1.165, 1.54) is 6.07 Å². The van der Waals surface area contributed by atoms with Crippen LogP contribution in [0.2, 0.25) is 0 Å². The van der Waals surface area contributed by atoms with Crippen molar-refractivity contribution in [2.75, 3.05) is 26.4 Å². The Labute approximate surface area is 453 Å². The Balaban J connectivity index is 1.15. The number of ketones is 1. The summed E-state index contributed by atoms with van der Waals surface area (Å²) in [6.45, 7) is 13.1. The molecule has 0 unspecified atom stereocenters. The maximum absolute atomic E-state index is 14.2. The van der Waals surface area contributed by atoms with Gasteiger partial charge in [0.1, 0.15) is 52.2 Å². The highest BCUT2D eigenvalue weighted by Gasteiger charge is 2.25. The first kappa shape index (κ1) is 56.0. The number of carbonyl (C=O) groups is 6. The second-order valence-electron chi connectivity index (χ2n) is 18.7. The van der Waals surface area contributed by atoms with Crippen molar-refractivity contribution in [3.63, 3.8) is 0 Å². The van der Waals surface area contributed by atoms with Gasteiger partial charge in [0.15, 0.2) is 11.6 Å². The van der Waals surface area contributed by atoms with Crippen molar-refractivity contribution in [2.24, 2.45) is 11.5 Å². The van der Waals surface area contributed by atoms with Gasteiger partial charge in [0.25, 0.3) is 0 Å². The summed E-state index contributed by atoms with van der Waals surface area (Å²) in [5, 5.41) is 23.5. The maximum Gasteiger partial charge on any atom is 0.356 e. The minimum Gasteiger partial charge on any atom is -0.491 e. The zero-order valence-electron chi connectivity index (χ0n) is 45.0. The highest BCUT2D eigenvalue weighted by atomic mass is 16.5. The lowest BCUT2D eigenvalue weighted by Crippen LogP contribution is -2.15. The fraction of sp³-hybridized carbons (Fsp3) is 0.382. The first-order valence-corrected chi connectivity index (χ1v) is 26.1. The van der Waals surface area contributed by atoms with E-state index in [0.29, 0.717) is 111 Å². The number of nitrogens with zero attached hydrogens (tertiary/aromatic N) is 11. The monoisotopic (exact) mass is 1080 g/mol. The number of hydrogen-bond donors (Lipinski definition) is 3. The van der Waals surface area contributed by atoms with Crippen LogP contribution in [0.15, 0.2) is 60.8 Å². The molecule has 24 nitrogen and oxygen atoms in total. The van der Waals surface area contributed by atoms with Gasteiger partial charge in [-0.25, -0.2) is 19.7 Å². The normalized spacial score (nSPS) is 11.6. The molecule has 414 valence electrons. The standard InChI is InChI=1S/C55H63N13O11/c1-7-66-40(23-32(4)61-66)43(69)30-46-59-39-27-36(52(57)74)29-45(77-20-14-21-79-55(75)42-25-34(6)63-68(42)9-3)50(39)64(46)17-11-12-18-65-49-37(38-31-58-53(60-54(38)65)41-24-33(5)62-67(41)8-2)26-35(51(56)73)28-44(49)76-19-13-10-15-48(72)78-22-16-47(70)71/h11-12,23-29,31H,7-10,13-22,30H2,1-6H3,(H2,56,73)(H2,57,74)(H,70,71)/b12-11+. The average molecular weight is 1080 g/mol. The first-order valence-electron chi connectivity index (χ1n) is 26.1. The second kappa shape index (κ2) is 24.8. The summed E-state index contributed by atoms with van der Waals surface area (Å²) in [5.74, 6) is -2.38. The lowest BCUT2D eigenvalue weighted by atomic mass is 10.1. The second-order valence-corrected chi connectivity index (χ2v) is 18.7. The number of nitrogens with two attached hydrogens (primary N) is 2. The van der Waals surface area contributed by atoms with E-state index in [4.69, 9.17) is 50.5 Å². The largest absolute Gasteiger partial charge is 0.491 e. The van der Waals surface area contributed by atoms with Crippen LogP contribution in [0.5, 0.6) is 11.5 Å². The zero-order valence-corrected chi connectivity index (χ0v) is 45.0. The molecule has 5 N–H and O–H groups in total. The number of aliphatic carboxylic acids is 1. The van der Waals surface area contributed by atoms with Crippen molar-refractivity contribution in [3.8, 4) is 23.0 Å². The van der Waals surface area contributed by atoms with E-state index in [1.807, 2.05) is 66.7 Å². The topological polar surface area (TPSA) is 314 Å². The van der Waals surface area contributed by atoms with Crippen molar-refractivity contribution in [1.29, 1.82) is 0 Å². The lowest BCUT2D eigenvalue weighted by molar-refractivity contribution is -0.146. The number of hydrogen-bond acceptors (Lipinski definition) is 16. The number of ether oxygens (including phenoxy) is 4. The molecule has 2 amide bonds. The predicted octanol–water partition coefficient (Wildman–Crippen LogP) is 6.25. The number of aromatic nitrogens is 11. The molecule has 0 atom stereocenters. The molecule has 0 spiro atoms. The van der Waals surface area contributed by atoms with Crippen molar-refractivity contribution in [2.45, 2.75) is 113 Å². The van der Waals surface area contributed by atoms with Gasteiger partial charge in [-0.15, -0.1) is 0 Å². The molecule has 0 fully saturated rings. The van der Waals surface area contributed by atoms with Gasteiger partial charge >= 0.3 is 17.9 Å². The summed E-state index contributed by atoms with van der Waals surface area (Å²) in [6, 6.07) is 11.6. The van der Waals surface area contributed by atoms with Crippen LogP contribution >= 0.6 is 0 Å². The van der Waals surface area contributed by atoms with E-state index in [-0.39, 0.29) is 87.9 Å². The molecular formula is C55H63N13O11. The first-order chi connectivity index (χ1) is 38.0. The number of aryl methyl sites for hydroxylation is 6. The van der Waals surface area contributed by atoms with E-state index in [1.54, 1.807) is 52.8 Å². The number of carbonyl (C=O) groups excluding carboxylic acids is 5. The molecule has 0 radical (unpaired) electrons. The Morgan fingerprint density at radius 1 is 0.620 bits per heavy atom. The highest BCUT2D eigenvalue weighted by Crippen LogP contribution is 2.37. The van der Waals surface area contributed by atoms with Crippen LogP contribution in [-0.2, 0) is 58.2 Å². The summed E-state index contributed by atoms with van der Waals surface area (Å²) in [7, 11) is 0. The summed E-state index contributed by atoms with van der Waals surface area (Å²) >= 11 is 0. The van der Waals surface area contributed by atoms with E-state index < -0.39 is 29.7 Å². The SMILES string of the molecule is CCn1nc(C)cc1C(=O)Cc1nc2cc(C(N)=O)cc(OCCCOC(=O)c3cc(C)nn3CC)c2n1C/C=C/Cn1c2nc(-c3cc(C)nn3CC)ncc2c2cc(C(N)=O)cc(OCCCCC(=O)OCCC(=O)O)c21. The van der Waals surface area contributed by atoms with Crippen molar-refractivity contribution in [3.05, 3.63) is 106 Å². The fourth-order valence-electron chi connectivity index (χ4n) is 9.26. The zero-order chi connectivity index (χ0) is 56.5. The molecule has 0 aliphatic heterocycles. The van der Waals surface area contributed by atoms with Gasteiger partial charge < -0.3 is 44.7 Å². The van der Waals surface area contributed by atoms with Gasteiger partial charge in [-0.3, -0.25) is 38.0 Å². The van der Waals surface area contributed by atoms with Crippen LogP contribution in [0.25, 0.3) is 44.5 Å². The molecule has 24 heteroatoms. The number of unbranched alkanes of at least 4 members (excludes halogenated alkanes) is 1. The van der Waals surface area contributed by atoms with Gasteiger partial charge in [0, 0.05) is 73.7 Å². The van der Waals surface area contributed by atoms with Crippen molar-refractivity contribution in [1.82, 2.24) is 53.4 Å². The summed E-state index contributed by atoms with van der Waals surface area (Å²) in [6.07, 6.45) is 6.19. The number of imidazole rings is 1. The fourth-order valence-corrected chi connectivity index (χ4v) is 9.26. The van der Waals surface area contributed by atoms with Gasteiger partial charge in [-0.2, -0.15) is 15.3 Å². The maximum atomic E-state index is 14.2. The third kappa shape index (κ3) is 12.8. The van der Waals surface area contributed by atoms with E-state index in [0.717, 1.165) is 5.69 Å². The summed E-state index contributed by atoms with van der Waals surface area (Å²) in [4.78, 5) is 90.7. The van der Waals surface area contributed by atoms with E-state index >= 15 is 0 Å². The minimum absolute atomic E-state index is 0.0272. The number of fused-ring (bicyclic) bond motifs is 4. The molecule has 2 aromatic carbocycles. The van der Waals surface area contributed by atoms with Gasteiger partial charge in [0.2, 0.25) is 11.8 Å². The Morgan fingerprint density at radius 3 is 1.90 bits per heavy atom. The number of esters is 2. The smallest absolute Gasteiger partial charge is 0.356 e. The van der Waals surface area contributed by atoms with Crippen LogP contribution in [0.4, 0.5) is 0 Å². The van der Waals surface area contributed by atoms with Crippen LogP contribution in [0.3, 0.4) is 0 Å². The molecule has 6 heterocycles. The number of carboxylic acid groups (broad SMARTS) is 1. The molecule has 0 saturated heterocycles. The predicted molar refractivity (Wildman–Crippen MR) is 289 cm³/mol. The molecule has 6 aromatic heterocycles. The Bertz CT molecular complexity index is 3650. The molecule has 0 aliphatic carbocycles. The molecule has 8 rings (SSSR count). The molecule has 0 saturated carbocycles. The van der Waals surface area contributed by atoms with Crippen molar-refractivity contribution < 1.29 is 52.8 Å². The molecular weight excluding hydrogens is 1020 g/mol. The van der Waals surface area contributed by atoms with Crippen LogP contribution < -0.4 is 20.9 Å². The number of carboxylic acids is 1. The van der Waals surface area contributed by atoms with E-state index in [9.17, 15) is 28.8 Å². The summed E-state index contributed by atoms with van der Waals surface area (Å²) in [5.41, 5.74) is 17.6. The van der Waals surface area contributed by atoms with Crippen LogP contribution in [-0.4, -0.2) is 120 Å². The van der Waals surface area contributed by atoms with Gasteiger partial charge in [0.05, 0.1) is 60.8 Å². The molecule has 0 aliphatic rings. The number of primary amides is 2. The quantitative estimate of drug-likeness (QED) is 0.0211. The number of benzene rings is 2. The van der Waals surface area contributed by atoms with Gasteiger partial charge in [-0.1, -0.05) is 12.2 Å². The highest BCUT2D eigenvalue weighted by molar-refractivity contribution is 6.12. The Morgan fingerprint density at radius 2 is 1.23 bits per heavy atom. The van der Waals surface area contributed by atoms with Crippen molar-refractivity contribution >= 4 is 68.5 Å². The van der Waals surface area contributed by atoms with Crippen LogP contribution in [0.1, 0.15) is 117 Å². The third-order valence-corrected chi connectivity index (χ3v) is 12.9. The Hall–Kier alpha value is -9.22.